The molecule has 1 heterocycles. The van der Waals surface area contributed by atoms with Gasteiger partial charge in [-0.25, -0.2) is 0 Å². The van der Waals surface area contributed by atoms with E-state index in [1.165, 1.54) is 12.1 Å². The Labute approximate surface area is 108 Å². The highest BCUT2D eigenvalue weighted by Gasteiger charge is 2.19. The minimum absolute atomic E-state index is 0.0241. The SMILES string of the molecule is O=C1CC=Cc2cc(-c3ccc([N+](=O)[O-])cc3)oc21. The van der Waals surface area contributed by atoms with Crippen molar-refractivity contribution in [3.63, 3.8) is 0 Å². The van der Waals surface area contributed by atoms with Crippen molar-refractivity contribution in [2.75, 3.05) is 0 Å². The minimum atomic E-state index is -0.455. The molecule has 1 aliphatic carbocycles. The van der Waals surface area contributed by atoms with Gasteiger partial charge in [-0.1, -0.05) is 12.2 Å². The Morgan fingerprint density at radius 3 is 2.58 bits per heavy atom. The van der Waals surface area contributed by atoms with E-state index < -0.39 is 4.92 Å². The Balaban J connectivity index is 2.01. The Morgan fingerprint density at radius 1 is 1.21 bits per heavy atom. The third-order valence-corrected chi connectivity index (χ3v) is 2.98. The number of allylic oxidation sites excluding steroid dienone is 1. The summed E-state index contributed by atoms with van der Waals surface area (Å²) in [4.78, 5) is 21.8. The lowest BCUT2D eigenvalue weighted by molar-refractivity contribution is -0.384. The largest absolute Gasteiger partial charge is 0.452 e. The number of rotatable bonds is 2. The van der Waals surface area contributed by atoms with Gasteiger partial charge in [-0.2, -0.15) is 0 Å². The highest BCUT2D eigenvalue weighted by Crippen LogP contribution is 2.30. The summed E-state index contributed by atoms with van der Waals surface area (Å²) < 4.78 is 5.53. The zero-order chi connectivity index (χ0) is 13.4. The summed E-state index contributed by atoms with van der Waals surface area (Å²) >= 11 is 0. The second kappa shape index (κ2) is 4.20. The topological polar surface area (TPSA) is 73.3 Å². The minimum Gasteiger partial charge on any atom is -0.452 e. The molecule has 0 unspecified atom stereocenters. The first-order valence-electron chi connectivity index (χ1n) is 5.73. The lowest BCUT2D eigenvalue weighted by Crippen LogP contribution is -2.00. The molecule has 0 radical (unpaired) electrons. The smallest absolute Gasteiger partial charge is 0.269 e. The van der Waals surface area contributed by atoms with Gasteiger partial charge in [-0.3, -0.25) is 14.9 Å². The average Bonchev–Trinajstić information content (AvgIpc) is 2.84. The Kier molecular flexibility index (Phi) is 2.52. The molecule has 0 spiro atoms. The molecule has 0 bridgehead atoms. The maximum Gasteiger partial charge on any atom is 0.269 e. The molecule has 0 fully saturated rings. The van der Waals surface area contributed by atoms with Crippen molar-refractivity contribution in [1.29, 1.82) is 0 Å². The molecule has 1 aliphatic rings. The van der Waals surface area contributed by atoms with Crippen LogP contribution in [0.1, 0.15) is 22.5 Å². The Bertz CT molecular complexity index is 695. The molecule has 0 atom stereocenters. The Hall–Kier alpha value is -2.69. The van der Waals surface area contributed by atoms with E-state index in [-0.39, 0.29) is 11.5 Å². The van der Waals surface area contributed by atoms with Gasteiger partial charge >= 0.3 is 0 Å². The van der Waals surface area contributed by atoms with E-state index in [2.05, 4.69) is 0 Å². The van der Waals surface area contributed by atoms with Crippen molar-refractivity contribution >= 4 is 17.5 Å². The number of furan rings is 1. The summed E-state index contributed by atoms with van der Waals surface area (Å²) in [7, 11) is 0. The van der Waals surface area contributed by atoms with Crippen LogP contribution in [0.5, 0.6) is 0 Å². The van der Waals surface area contributed by atoms with E-state index in [9.17, 15) is 14.9 Å². The third-order valence-electron chi connectivity index (χ3n) is 2.98. The number of nitro groups is 1. The molecule has 5 nitrogen and oxygen atoms in total. The number of hydrogen-bond acceptors (Lipinski definition) is 4. The molecule has 2 aromatic rings. The molecular formula is C14H9NO4. The molecule has 94 valence electrons. The van der Waals surface area contributed by atoms with Gasteiger partial charge in [0.25, 0.3) is 5.69 Å². The van der Waals surface area contributed by atoms with Crippen molar-refractivity contribution in [3.8, 4) is 11.3 Å². The number of non-ortho nitro benzene ring substituents is 1. The van der Waals surface area contributed by atoms with E-state index >= 15 is 0 Å². The number of hydrogen-bond donors (Lipinski definition) is 0. The van der Waals surface area contributed by atoms with E-state index in [0.29, 0.717) is 23.5 Å². The number of carbonyl (C=O) groups is 1. The first-order valence-corrected chi connectivity index (χ1v) is 5.73. The molecule has 0 saturated carbocycles. The maximum absolute atomic E-state index is 11.6. The molecule has 19 heavy (non-hydrogen) atoms. The third kappa shape index (κ3) is 1.95. The zero-order valence-corrected chi connectivity index (χ0v) is 9.83. The average molecular weight is 255 g/mol. The summed E-state index contributed by atoms with van der Waals surface area (Å²) in [6.07, 6.45) is 3.98. The summed E-state index contributed by atoms with van der Waals surface area (Å²) in [6.45, 7) is 0. The summed E-state index contributed by atoms with van der Waals surface area (Å²) in [5, 5.41) is 10.6. The predicted octanol–water partition coefficient (Wildman–Crippen LogP) is 3.45. The Morgan fingerprint density at radius 2 is 1.95 bits per heavy atom. The number of nitro benzene ring substituents is 1. The van der Waals surface area contributed by atoms with Gasteiger partial charge in [-0.15, -0.1) is 0 Å². The van der Waals surface area contributed by atoms with Crippen LogP contribution in [0.4, 0.5) is 5.69 Å². The van der Waals surface area contributed by atoms with Gasteiger partial charge in [0.1, 0.15) is 5.76 Å². The molecular weight excluding hydrogens is 246 g/mol. The lowest BCUT2D eigenvalue weighted by Gasteiger charge is -2.00. The van der Waals surface area contributed by atoms with Crippen molar-refractivity contribution in [1.82, 2.24) is 0 Å². The van der Waals surface area contributed by atoms with Gasteiger partial charge in [-0.05, 0) is 18.2 Å². The molecule has 1 aromatic carbocycles. The van der Waals surface area contributed by atoms with Crippen LogP contribution >= 0.6 is 0 Å². The monoisotopic (exact) mass is 255 g/mol. The second-order valence-electron chi connectivity index (χ2n) is 4.23. The van der Waals surface area contributed by atoms with Crippen molar-refractivity contribution in [2.24, 2.45) is 0 Å². The molecule has 5 heteroatoms. The first kappa shape index (κ1) is 11.4. The van der Waals surface area contributed by atoms with Gasteiger partial charge < -0.3 is 4.42 Å². The lowest BCUT2D eigenvalue weighted by atomic mass is 10.0. The number of nitrogens with zero attached hydrogens (tertiary/aromatic N) is 1. The molecule has 0 saturated heterocycles. The highest BCUT2D eigenvalue weighted by molar-refractivity contribution is 6.01. The summed E-state index contributed by atoms with van der Waals surface area (Å²) in [5.74, 6) is 0.848. The zero-order valence-electron chi connectivity index (χ0n) is 9.83. The second-order valence-corrected chi connectivity index (χ2v) is 4.23. The highest BCUT2D eigenvalue weighted by atomic mass is 16.6. The van der Waals surface area contributed by atoms with E-state index in [1.807, 2.05) is 6.08 Å². The normalized spacial score (nSPS) is 13.4. The standard InChI is InChI=1S/C14H9NO4/c16-12-3-1-2-10-8-13(19-14(10)12)9-4-6-11(7-5-9)15(17)18/h1-2,4-8H,3H2. The van der Waals surface area contributed by atoms with Crippen LogP contribution in [0.25, 0.3) is 17.4 Å². The molecule has 0 amide bonds. The van der Waals surface area contributed by atoms with Crippen LogP contribution in [0.3, 0.4) is 0 Å². The van der Waals surface area contributed by atoms with Crippen LogP contribution in [-0.2, 0) is 0 Å². The maximum atomic E-state index is 11.6. The fourth-order valence-electron chi connectivity index (χ4n) is 2.02. The van der Waals surface area contributed by atoms with Gasteiger partial charge in [0.15, 0.2) is 5.76 Å². The number of carbonyl (C=O) groups excluding carboxylic acids is 1. The fourth-order valence-corrected chi connectivity index (χ4v) is 2.02. The van der Waals surface area contributed by atoms with Crippen molar-refractivity contribution in [2.45, 2.75) is 6.42 Å². The number of benzene rings is 1. The van der Waals surface area contributed by atoms with Crippen LogP contribution < -0.4 is 0 Å². The van der Waals surface area contributed by atoms with Gasteiger partial charge in [0.05, 0.1) is 4.92 Å². The molecule has 0 aliphatic heterocycles. The quantitative estimate of drug-likeness (QED) is 0.608. The predicted molar refractivity (Wildman–Crippen MR) is 68.8 cm³/mol. The molecule has 1 aromatic heterocycles. The molecule has 3 rings (SSSR count). The van der Waals surface area contributed by atoms with E-state index in [1.54, 1.807) is 24.3 Å². The number of fused-ring (bicyclic) bond motifs is 1. The van der Waals surface area contributed by atoms with E-state index in [4.69, 9.17) is 4.42 Å². The summed E-state index contributed by atoms with van der Waals surface area (Å²) in [5.41, 5.74) is 1.49. The summed E-state index contributed by atoms with van der Waals surface area (Å²) in [6, 6.07) is 7.81. The number of ketones is 1. The van der Waals surface area contributed by atoms with Crippen molar-refractivity contribution < 1.29 is 14.1 Å². The van der Waals surface area contributed by atoms with Crippen molar-refractivity contribution in [3.05, 3.63) is 57.8 Å². The van der Waals surface area contributed by atoms with Gasteiger partial charge in [0, 0.05) is 29.7 Å². The molecule has 0 N–H and O–H groups in total. The van der Waals surface area contributed by atoms with Crippen LogP contribution in [0.15, 0.2) is 40.8 Å². The van der Waals surface area contributed by atoms with E-state index in [0.717, 1.165) is 5.56 Å². The van der Waals surface area contributed by atoms with Crippen LogP contribution in [-0.4, -0.2) is 10.7 Å². The number of Topliss-reactive ketones (excluding diaryl/α,β-unsaturated/α-hetero) is 1. The van der Waals surface area contributed by atoms with Crippen LogP contribution in [0.2, 0.25) is 0 Å². The first-order chi connectivity index (χ1) is 9.15. The van der Waals surface area contributed by atoms with Gasteiger partial charge in [0.2, 0.25) is 5.78 Å². The van der Waals surface area contributed by atoms with Crippen LogP contribution in [0, 0.1) is 10.1 Å². The fraction of sp³-hybridized carbons (Fsp3) is 0.0714.